The molecule has 0 atom stereocenters. The summed E-state index contributed by atoms with van der Waals surface area (Å²) < 4.78 is 11.0. The minimum Gasteiger partial charge on any atom is -0.465 e. The molecule has 4 rings (SSSR count). The van der Waals surface area contributed by atoms with Gasteiger partial charge in [-0.2, -0.15) is 0 Å². The second kappa shape index (κ2) is 15.8. The molecule has 1 aromatic heterocycles. The van der Waals surface area contributed by atoms with E-state index in [9.17, 15) is 29.3 Å². The standard InChI is InChI=1S/C33H33N7O8/c1-20(2)37-30-31(42)39(27(17-36-30)24-13-25(32(43)47-3)15-26(14-24)40(45)46)18-28(41)35-16-21-9-11-23(12-10-21)29(34)38-33(44)48-19-22-7-5-4-6-8-22/h4-15,17,20H,16,18-19H2,1-3H3,(H,35,41)(H,36,37)(H2,34,38,44). The zero-order valence-corrected chi connectivity index (χ0v) is 26.3. The van der Waals surface area contributed by atoms with E-state index in [1.807, 2.05) is 30.3 Å². The van der Waals surface area contributed by atoms with Gasteiger partial charge in [0.2, 0.25) is 5.91 Å². The van der Waals surface area contributed by atoms with Gasteiger partial charge in [0.05, 0.1) is 29.5 Å². The third-order valence-corrected chi connectivity index (χ3v) is 6.80. The van der Waals surface area contributed by atoms with Crippen LogP contribution in [0.5, 0.6) is 0 Å². The van der Waals surface area contributed by atoms with Crippen LogP contribution in [-0.4, -0.2) is 51.4 Å². The first-order valence-corrected chi connectivity index (χ1v) is 14.6. The number of nitrogens with zero attached hydrogens (tertiary/aromatic N) is 3. The van der Waals surface area contributed by atoms with Crippen LogP contribution in [0, 0.1) is 15.5 Å². The number of rotatable bonds is 12. The molecule has 1 heterocycles. The molecule has 0 fully saturated rings. The fraction of sp³-hybridized carbons (Fsp3) is 0.212. The van der Waals surface area contributed by atoms with E-state index in [2.05, 4.69) is 20.9 Å². The molecule has 48 heavy (non-hydrogen) atoms. The van der Waals surface area contributed by atoms with Crippen LogP contribution >= 0.6 is 0 Å². The number of aromatic nitrogens is 2. The van der Waals surface area contributed by atoms with Gasteiger partial charge in [-0.15, -0.1) is 0 Å². The number of anilines is 1. The van der Waals surface area contributed by atoms with Crippen molar-refractivity contribution in [2.45, 2.75) is 39.6 Å². The number of amidine groups is 1. The Morgan fingerprint density at radius 1 is 1.00 bits per heavy atom. The summed E-state index contributed by atoms with van der Waals surface area (Å²) in [6.07, 6.45) is 0.517. The molecule has 3 aromatic carbocycles. The maximum atomic E-state index is 13.5. The number of nitrogens with one attached hydrogen (secondary N) is 4. The summed E-state index contributed by atoms with van der Waals surface area (Å²) in [5.74, 6) is -1.58. The van der Waals surface area contributed by atoms with Gasteiger partial charge in [0.15, 0.2) is 5.82 Å². The number of esters is 1. The van der Waals surface area contributed by atoms with E-state index in [1.165, 1.54) is 18.3 Å². The molecule has 248 valence electrons. The lowest BCUT2D eigenvalue weighted by molar-refractivity contribution is -0.384. The number of nitro groups is 1. The van der Waals surface area contributed by atoms with Crippen LogP contribution in [0.3, 0.4) is 0 Å². The summed E-state index contributed by atoms with van der Waals surface area (Å²) in [5, 5.41) is 27.8. The number of amides is 2. The van der Waals surface area contributed by atoms with Crippen LogP contribution < -0.4 is 21.5 Å². The van der Waals surface area contributed by atoms with Crippen LogP contribution in [-0.2, 0) is 34.0 Å². The van der Waals surface area contributed by atoms with Gasteiger partial charge in [-0.25, -0.2) is 14.6 Å². The fourth-order valence-corrected chi connectivity index (χ4v) is 4.47. The van der Waals surface area contributed by atoms with Crippen molar-refractivity contribution in [1.29, 1.82) is 5.41 Å². The summed E-state index contributed by atoms with van der Waals surface area (Å²) in [5.41, 5.74) is 0.854. The van der Waals surface area contributed by atoms with Crippen LogP contribution in [0.4, 0.5) is 16.3 Å². The molecule has 0 spiro atoms. The Morgan fingerprint density at radius 2 is 1.71 bits per heavy atom. The molecule has 0 aliphatic heterocycles. The average molecular weight is 656 g/mol. The van der Waals surface area contributed by atoms with Crippen LogP contribution in [0.15, 0.2) is 83.8 Å². The van der Waals surface area contributed by atoms with E-state index in [-0.39, 0.29) is 47.7 Å². The highest BCUT2D eigenvalue weighted by atomic mass is 16.6. The molecular formula is C33H33N7O8. The highest BCUT2D eigenvalue weighted by molar-refractivity contribution is 6.04. The summed E-state index contributed by atoms with van der Waals surface area (Å²) in [6.45, 7) is 3.25. The first kappa shape index (κ1) is 34.5. The van der Waals surface area contributed by atoms with Gasteiger partial charge in [-0.1, -0.05) is 54.6 Å². The van der Waals surface area contributed by atoms with E-state index in [4.69, 9.17) is 14.9 Å². The quantitative estimate of drug-likeness (QED) is 0.0567. The number of ether oxygens (including phenoxy) is 2. The van der Waals surface area contributed by atoms with Crippen molar-refractivity contribution in [3.05, 3.63) is 122 Å². The SMILES string of the molecule is COC(=O)c1cc(-c2cnc(NC(C)C)c(=O)n2CC(=O)NCc2ccc(C(=N)NC(=O)OCc3ccccc3)cc2)cc([N+](=O)[O-])c1. The summed E-state index contributed by atoms with van der Waals surface area (Å²) in [7, 11) is 1.13. The van der Waals surface area contributed by atoms with Gasteiger partial charge in [0, 0.05) is 35.8 Å². The largest absolute Gasteiger partial charge is 0.465 e. The van der Waals surface area contributed by atoms with Gasteiger partial charge < -0.3 is 20.1 Å². The molecule has 15 nitrogen and oxygen atoms in total. The lowest BCUT2D eigenvalue weighted by atomic mass is 10.1. The third kappa shape index (κ3) is 9.09. The molecule has 0 saturated heterocycles. The zero-order chi connectivity index (χ0) is 34.8. The maximum absolute atomic E-state index is 13.5. The smallest absolute Gasteiger partial charge is 0.413 e. The van der Waals surface area contributed by atoms with Gasteiger partial charge in [-0.05, 0) is 31.0 Å². The van der Waals surface area contributed by atoms with Gasteiger partial charge in [-0.3, -0.25) is 35.0 Å². The minimum atomic E-state index is -0.822. The Labute approximate surface area is 274 Å². The molecule has 2 amide bonds. The number of alkyl carbamates (subject to hydrolysis) is 1. The summed E-state index contributed by atoms with van der Waals surface area (Å²) >= 11 is 0. The number of carbonyl (C=O) groups is 3. The molecule has 0 unspecified atom stereocenters. The van der Waals surface area contributed by atoms with Crippen molar-refractivity contribution in [3.8, 4) is 11.3 Å². The van der Waals surface area contributed by atoms with Crippen LogP contribution in [0.25, 0.3) is 11.3 Å². The van der Waals surface area contributed by atoms with Crippen molar-refractivity contribution < 1.29 is 28.8 Å². The molecule has 0 radical (unpaired) electrons. The fourth-order valence-electron chi connectivity index (χ4n) is 4.47. The first-order valence-electron chi connectivity index (χ1n) is 14.6. The molecule has 15 heteroatoms. The van der Waals surface area contributed by atoms with Gasteiger partial charge in [0.1, 0.15) is 19.0 Å². The van der Waals surface area contributed by atoms with E-state index in [0.29, 0.717) is 11.1 Å². The van der Waals surface area contributed by atoms with Crippen molar-refractivity contribution in [2.75, 3.05) is 12.4 Å². The minimum absolute atomic E-state index is 0.0317. The van der Waals surface area contributed by atoms with Crippen LogP contribution in [0.1, 0.15) is 40.9 Å². The zero-order valence-electron chi connectivity index (χ0n) is 26.3. The first-order chi connectivity index (χ1) is 22.9. The predicted octanol–water partition coefficient (Wildman–Crippen LogP) is 3.99. The Morgan fingerprint density at radius 3 is 2.35 bits per heavy atom. The molecule has 0 bridgehead atoms. The Hall–Kier alpha value is -6.38. The number of hydrogen-bond donors (Lipinski definition) is 4. The Balaban J connectivity index is 1.47. The highest BCUT2D eigenvalue weighted by Crippen LogP contribution is 2.26. The molecule has 0 saturated carbocycles. The average Bonchev–Trinajstić information content (AvgIpc) is 3.08. The van der Waals surface area contributed by atoms with E-state index < -0.39 is 40.7 Å². The van der Waals surface area contributed by atoms with Crippen molar-refractivity contribution in [3.63, 3.8) is 0 Å². The van der Waals surface area contributed by atoms with Crippen molar-refractivity contribution >= 4 is 35.3 Å². The molecule has 0 aliphatic carbocycles. The van der Waals surface area contributed by atoms with Crippen molar-refractivity contribution in [1.82, 2.24) is 20.2 Å². The van der Waals surface area contributed by atoms with Gasteiger partial charge >= 0.3 is 12.1 Å². The van der Waals surface area contributed by atoms with E-state index >= 15 is 0 Å². The highest BCUT2D eigenvalue weighted by Gasteiger charge is 2.21. The Bertz CT molecular complexity index is 1890. The topological polar surface area (TPSA) is 208 Å². The lowest BCUT2D eigenvalue weighted by Gasteiger charge is -2.16. The molecule has 0 aliphatic rings. The van der Waals surface area contributed by atoms with E-state index in [1.54, 1.807) is 38.1 Å². The lowest BCUT2D eigenvalue weighted by Crippen LogP contribution is -2.35. The summed E-state index contributed by atoms with van der Waals surface area (Å²) in [6, 6.07) is 19.0. The number of nitro benzene ring substituents is 1. The molecular weight excluding hydrogens is 622 g/mol. The molecule has 4 N–H and O–H groups in total. The number of methoxy groups -OCH3 is 1. The predicted molar refractivity (Wildman–Crippen MR) is 176 cm³/mol. The Kier molecular flexibility index (Phi) is 11.3. The third-order valence-electron chi connectivity index (χ3n) is 6.80. The number of hydrogen-bond acceptors (Lipinski definition) is 11. The second-order valence-corrected chi connectivity index (χ2v) is 10.7. The monoisotopic (exact) mass is 655 g/mol. The summed E-state index contributed by atoms with van der Waals surface area (Å²) in [4.78, 5) is 66.0. The number of benzene rings is 3. The molecule has 4 aromatic rings. The van der Waals surface area contributed by atoms with Gasteiger partial charge in [0.25, 0.3) is 11.2 Å². The normalized spacial score (nSPS) is 10.6. The number of carbonyl (C=O) groups excluding carboxylic acids is 3. The maximum Gasteiger partial charge on any atom is 0.413 e. The second-order valence-electron chi connectivity index (χ2n) is 10.7. The number of non-ortho nitro benzene ring substituents is 1. The van der Waals surface area contributed by atoms with Crippen LogP contribution in [0.2, 0.25) is 0 Å². The van der Waals surface area contributed by atoms with E-state index in [0.717, 1.165) is 23.3 Å². The van der Waals surface area contributed by atoms with Crippen molar-refractivity contribution in [2.24, 2.45) is 0 Å².